The number of carboxylic acids is 3. The zero-order chi connectivity index (χ0) is 99.9. The third-order valence-corrected chi connectivity index (χ3v) is 25.6. The van der Waals surface area contributed by atoms with Crippen molar-refractivity contribution in [1.82, 2.24) is 24.3 Å². The van der Waals surface area contributed by atoms with E-state index in [0.29, 0.717) is 87.2 Å². The molecule has 2 radical (unpaired) electrons. The smallest absolute Gasteiger partial charge is 0.416 e. The maximum atomic E-state index is 13.6. The SMILES string of the molecule is COc1ccc(Cl)cc1C(=O)NCCc1ccc(S(=O)(=O)CC(=O)NC2CCCCC2)cc1.Cc1ccc(C2Nc3ccccc3-n3c(-c4ccccc4)c4c(=O)n(C)c(=O)n(C)c4c32)o1.O=C(O)c1cc([N+](=O)[O-])ccc1CCCCc1ccccc1.O=C(O)c1ccc(/C=C2\SC(=S)N(c3cccc(C(F)(F)F)c3)C2=O)cc1.O=C(O)c1ccccc1Cc1ccccc1.[2H]PC.[B]P=NP. The van der Waals surface area contributed by atoms with Crippen molar-refractivity contribution in [1.29, 1.82) is 1.28 Å². The summed E-state index contributed by atoms with van der Waals surface area (Å²) in [7, 11) is 8.88. The van der Waals surface area contributed by atoms with Crippen molar-refractivity contribution in [3.8, 4) is 22.7 Å². The number of halogens is 4. The molecule has 16 rings (SSSR count). The average Bonchev–Trinajstić information content (AvgIpc) is 1.54. The highest BCUT2D eigenvalue weighted by atomic mass is 35.5. The molecule has 2 fully saturated rings. The molecule has 0 spiro atoms. The molecule has 3 atom stereocenters. The zero-order valence-corrected chi connectivity index (χ0v) is 81.1. The van der Waals surface area contributed by atoms with Gasteiger partial charge in [0.25, 0.3) is 23.1 Å². The largest absolute Gasteiger partial charge is 0.496 e. The Bertz CT molecular complexity index is 6840. The maximum Gasteiger partial charge on any atom is 0.416 e. The number of nitrogens with zero attached hydrogens (tertiary/aromatic N) is 6. The molecule has 13 aromatic rings. The first-order valence-electron chi connectivity index (χ1n) is 43.2. The highest BCUT2D eigenvalue weighted by Crippen LogP contribution is 2.46. The van der Waals surface area contributed by atoms with Crippen LogP contribution in [0.15, 0.2) is 289 Å². The fraction of sp³-hybridized carbons (Fsp3) is 0.210. The number of aromatic carboxylic acids is 3. The summed E-state index contributed by atoms with van der Waals surface area (Å²) in [6.45, 7) is 4.07. The van der Waals surface area contributed by atoms with Gasteiger partial charge >= 0.3 is 29.8 Å². The van der Waals surface area contributed by atoms with Crippen LogP contribution < -0.4 is 36.8 Å². The average molecular weight is 1990 g/mol. The van der Waals surface area contributed by atoms with E-state index >= 15 is 0 Å². The number of rotatable bonds is 24. The minimum Gasteiger partial charge on any atom is -0.496 e. The number of carbonyl (C=O) groups is 6. The van der Waals surface area contributed by atoms with Crippen LogP contribution >= 0.6 is 62.4 Å². The van der Waals surface area contributed by atoms with Gasteiger partial charge < -0.3 is 45.0 Å². The highest BCUT2D eigenvalue weighted by molar-refractivity contribution is 8.27. The van der Waals surface area contributed by atoms with Crippen molar-refractivity contribution < 1.29 is 79.8 Å². The number of benzene rings is 10. The van der Waals surface area contributed by atoms with Crippen LogP contribution in [-0.4, -0.2) is 123 Å². The number of anilines is 2. The van der Waals surface area contributed by atoms with Gasteiger partial charge in [-0.25, -0.2) is 27.6 Å². The summed E-state index contributed by atoms with van der Waals surface area (Å²) >= 11 is 12.1. The molecule has 3 unspecified atom stereocenters. The van der Waals surface area contributed by atoms with Crippen molar-refractivity contribution in [3.63, 3.8) is 0 Å². The van der Waals surface area contributed by atoms with Crippen LogP contribution in [-0.2, 0) is 65.4 Å². The Kier molecular flexibility index (Phi) is 38.5. The quantitative estimate of drug-likeness (QED) is 0.00622. The number of thiocarbonyl (C=S) groups is 1. The third-order valence-electron chi connectivity index (χ3n) is 21.9. The van der Waals surface area contributed by atoms with Crippen LogP contribution in [0, 0.1) is 17.0 Å². The number of amides is 3. The summed E-state index contributed by atoms with van der Waals surface area (Å²) in [4.78, 5) is 108. The van der Waals surface area contributed by atoms with Gasteiger partial charge in [-0.15, -0.1) is 9.18 Å². The predicted molar refractivity (Wildman–Crippen MR) is 542 cm³/mol. The number of thioether (sulfide) groups is 1. The summed E-state index contributed by atoms with van der Waals surface area (Å²) in [6.07, 6.45) is 6.57. The number of para-hydroxylation sites is 2. The molecule has 708 valence electrons. The molecule has 37 heteroatoms. The topological polar surface area (TPSA) is 363 Å². The molecule has 0 bridgehead atoms. The second-order valence-corrected chi connectivity index (χ2v) is 36.3. The minimum atomic E-state index is -4.53. The molecular weight excluding hydrogens is 1890 g/mol. The van der Waals surface area contributed by atoms with Gasteiger partial charge in [-0.05, 0) is 204 Å². The predicted octanol–water partition coefficient (Wildman–Crippen LogP) is 20.8. The number of unbranched alkanes of at least 4 members (excludes halogenated alkanes) is 1. The monoisotopic (exact) mass is 1990 g/mol. The highest BCUT2D eigenvalue weighted by Gasteiger charge is 2.39. The van der Waals surface area contributed by atoms with Gasteiger partial charge in [0, 0.05) is 43.8 Å². The van der Waals surface area contributed by atoms with Crippen molar-refractivity contribution in [2.24, 2.45) is 18.6 Å². The summed E-state index contributed by atoms with van der Waals surface area (Å²) in [6, 6.07) is 73.9. The number of methoxy groups -OCH3 is 1. The van der Waals surface area contributed by atoms with E-state index in [1.54, 1.807) is 60.1 Å². The van der Waals surface area contributed by atoms with E-state index in [4.69, 9.17) is 52.0 Å². The number of hydrogen-bond donors (Lipinski definition) is 6. The number of furan rings is 1. The second kappa shape index (κ2) is 50.5. The van der Waals surface area contributed by atoms with Gasteiger partial charge in [-0.2, -0.15) is 13.2 Å². The summed E-state index contributed by atoms with van der Waals surface area (Å²) in [5, 5.41) is 48.0. The van der Waals surface area contributed by atoms with Gasteiger partial charge in [-0.3, -0.25) is 47.8 Å². The van der Waals surface area contributed by atoms with E-state index in [0.717, 1.165) is 143 Å². The van der Waals surface area contributed by atoms with Crippen LogP contribution in [0.4, 0.5) is 30.2 Å². The first kappa shape index (κ1) is 104. The summed E-state index contributed by atoms with van der Waals surface area (Å²) < 4.78 is 89.8. The molecule has 3 amide bonds. The molecule has 26 nitrogen and oxygen atoms in total. The van der Waals surface area contributed by atoms with E-state index in [9.17, 15) is 75.2 Å². The van der Waals surface area contributed by atoms with Gasteiger partial charge in [0.15, 0.2) is 21.7 Å². The Hall–Kier alpha value is -13.2. The number of aryl methyl sites for hydroxylation is 4. The van der Waals surface area contributed by atoms with E-state index in [1.165, 1.54) is 85.0 Å². The number of nitrogens with one attached hydrogen (secondary N) is 3. The van der Waals surface area contributed by atoms with Crippen LogP contribution in [0.3, 0.4) is 0 Å². The molecule has 6 N–H and O–H groups in total. The Morgan fingerprint density at radius 2 is 1.34 bits per heavy atom. The Morgan fingerprint density at radius 3 is 1.96 bits per heavy atom. The number of sulfone groups is 1. The van der Waals surface area contributed by atoms with Crippen LogP contribution in [0.2, 0.25) is 5.02 Å². The lowest BCUT2D eigenvalue weighted by Crippen LogP contribution is -2.39. The molecule has 3 aromatic heterocycles. The van der Waals surface area contributed by atoms with Crippen molar-refractivity contribution in [2.75, 3.05) is 36.3 Å². The number of hydrogen-bond acceptors (Lipinski definition) is 18. The van der Waals surface area contributed by atoms with E-state index in [2.05, 4.69) is 46.6 Å². The molecular formula is C100H97BClF3N9O17P3S3. The second-order valence-electron chi connectivity index (χ2n) is 31.0. The van der Waals surface area contributed by atoms with Crippen LogP contribution in [0.1, 0.15) is 149 Å². The molecule has 1 aliphatic carbocycles. The number of ether oxygens (including phenoxy) is 1. The number of carbonyl (C=O) groups excluding carboxylic acids is 3. The number of non-ortho nitro benzene ring substituents is 1. The Morgan fingerprint density at radius 1 is 0.730 bits per heavy atom. The minimum absolute atomic E-state index is 0.0221. The fourth-order valence-corrected chi connectivity index (χ4v) is 17.9. The van der Waals surface area contributed by atoms with Crippen LogP contribution in [0.5, 0.6) is 5.75 Å². The molecule has 5 heterocycles. The lowest BCUT2D eigenvalue weighted by molar-refractivity contribution is -0.384. The molecule has 3 aliphatic rings. The molecule has 137 heavy (non-hydrogen) atoms. The number of carboxylic acid groups (broad SMARTS) is 3. The lowest BCUT2D eigenvalue weighted by atomic mass is 9.95. The standard InChI is InChI=1S/C26H22N4O3.C24H29ClN2O5S.C18H10F3NO3S2.C17H17NO4.C14H12O2.CH5P.BH2NP2/c1-15-13-14-19(33-15)21-24-23-20(25(31)29(3)26(32)28(23)2)22(16-9-5-4-6-10-16)30(24)18-12-8-7-11-17(18)27-21;1-32-22-12-9-18(25)15-21(22)24(29)26-14-13-17-7-10-20(11-8-17)33(30,31)16-23(28)27-19-5-3-2-4-6-19;19-18(20,21)12-2-1-3-13(9-12)22-15(23)14(27-17(22)26)8-10-4-6-11(7-5-10)16(24)25;19-17(20)16-12-15(18(21)22)11-10-14(16)9-5-4-8-13-6-2-1-3-7-13;15-14(16)13-9-5-4-8-12(13)10-11-6-2-1-3-7-11;1-2;1-4-2-3/h4-14,21,27H,1-3H3;7-12,15,19H,2-6,13-14,16H2,1H3,(H,26,29)(H,27,28);1-9H,(H,24,25);1-3,6-7,10-12H,4-5,8-9H2,(H,19,20);1-9H,10H2,(H,15,16);2H2,1H3;3H2/b;;14-8-;;;;/i;;;;;2D;. The van der Waals surface area contributed by atoms with Crippen molar-refractivity contribution in [2.45, 2.75) is 101 Å². The van der Waals surface area contributed by atoms with Gasteiger partial charge in [0.2, 0.25) is 5.91 Å². The van der Waals surface area contributed by atoms with Crippen molar-refractivity contribution >= 4 is 154 Å². The first-order chi connectivity index (χ1) is 66.1. The summed E-state index contributed by atoms with van der Waals surface area (Å²) in [5.41, 5.74) is 9.34. The molecule has 1 saturated carbocycles. The lowest BCUT2D eigenvalue weighted by Gasteiger charge is -2.29. The molecule has 10 aromatic carbocycles. The fourth-order valence-electron chi connectivity index (χ4n) is 15.3. The third kappa shape index (κ3) is 28.5. The number of aromatic nitrogens is 3. The zero-order valence-electron chi connectivity index (χ0n) is 75.8. The summed E-state index contributed by atoms with van der Waals surface area (Å²) in [5.74, 6) is -2.98. The van der Waals surface area contributed by atoms with E-state index in [1.807, 2.05) is 141 Å². The Balaban J connectivity index is 0.000000178. The maximum absolute atomic E-state index is 13.6. The Labute approximate surface area is 812 Å². The normalized spacial score (nSPS) is 13.6. The number of alkyl halides is 3. The first-order valence-corrected chi connectivity index (χ1v) is 48.4. The van der Waals surface area contributed by atoms with E-state index < -0.39 is 62.0 Å². The van der Waals surface area contributed by atoms with Gasteiger partial charge in [0.05, 0.1) is 90.3 Å². The van der Waals surface area contributed by atoms with Crippen LogP contribution in [0.25, 0.3) is 33.9 Å². The molecule has 1 saturated heterocycles. The van der Waals surface area contributed by atoms with Gasteiger partial charge in [0.1, 0.15) is 29.1 Å². The number of fused-ring (bicyclic) bond motifs is 5. The number of nitro groups is 1. The number of nitro benzene ring substituents is 1. The molecule has 2 aliphatic heterocycles. The van der Waals surface area contributed by atoms with Crippen molar-refractivity contribution in [3.05, 3.63) is 380 Å². The van der Waals surface area contributed by atoms with E-state index in [-0.39, 0.29) is 65.9 Å². The van der Waals surface area contributed by atoms with Gasteiger partial charge in [-0.1, -0.05) is 227 Å².